The van der Waals surface area contributed by atoms with Crippen LogP contribution in [-0.2, 0) is 4.74 Å². The topological polar surface area (TPSA) is 78.1 Å². The number of nitrogen functional groups attached to an aromatic ring is 1. The van der Waals surface area contributed by atoms with Gasteiger partial charge in [0.1, 0.15) is 0 Å². The zero-order valence-corrected chi connectivity index (χ0v) is 9.98. The smallest absolute Gasteiger partial charge is 0.360 e. The minimum Gasteiger partial charge on any atom is -0.464 e. The number of esters is 1. The molecule has 5 nitrogen and oxygen atoms in total. The molecule has 1 aliphatic carbocycles. The fraction of sp³-hybridized carbons (Fsp3) is 0.583. The molecule has 1 aliphatic rings. The van der Waals surface area contributed by atoms with Gasteiger partial charge in [-0.15, -0.1) is 0 Å². The van der Waals surface area contributed by atoms with E-state index in [0.717, 1.165) is 18.5 Å². The minimum atomic E-state index is -0.521. The highest BCUT2D eigenvalue weighted by atomic mass is 16.5. The Balaban J connectivity index is 2.26. The number of ether oxygens (including phenoxy) is 1. The Bertz CT molecular complexity index is 414. The van der Waals surface area contributed by atoms with Gasteiger partial charge in [0.05, 0.1) is 19.0 Å². The Hall–Kier alpha value is -1.65. The first-order valence-electron chi connectivity index (χ1n) is 5.93. The number of carbonyl (C=O) groups excluding carboxylic acids is 1. The lowest BCUT2D eigenvalue weighted by Crippen LogP contribution is -2.14. The predicted octanol–water partition coefficient (Wildman–Crippen LogP) is 1.89. The summed E-state index contributed by atoms with van der Waals surface area (Å²) < 4.78 is 4.64. The van der Waals surface area contributed by atoms with Crippen LogP contribution in [0.4, 0.5) is 5.82 Å². The maximum atomic E-state index is 11.5. The van der Waals surface area contributed by atoms with Gasteiger partial charge in [-0.05, 0) is 12.8 Å². The molecular weight excluding hydrogens is 218 g/mol. The van der Waals surface area contributed by atoms with Gasteiger partial charge in [0.15, 0.2) is 11.5 Å². The molecule has 0 amide bonds. The summed E-state index contributed by atoms with van der Waals surface area (Å²) in [5.74, 6) is 0.0179. The predicted molar refractivity (Wildman–Crippen MR) is 63.6 cm³/mol. The van der Waals surface area contributed by atoms with E-state index in [2.05, 4.69) is 14.7 Å². The van der Waals surface area contributed by atoms with E-state index in [1.54, 1.807) is 6.20 Å². The quantitative estimate of drug-likeness (QED) is 0.792. The van der Waals surface area contributed by atoms with E-state index in [1.165, 1.54) is 26.4 Å². The maximum absolute atomic E-state index is 11.5. The summed E-state index contributed by atoms with van der Waals surface area (Å²) in [7, 11) is 1.32. The summed E-state index contributed by atoms with van der Waals surface area (Å²) in [6.07, 6.45) is 7.60. The van der Waals surface area contributed by atoms with Gasteiger partial charge in [-0.3, -0.25) is 0 Å². The van der Waals surface area contributed by atoms with Gasteiger partial charge in [-0.2, -0.15) is 0 Å². The van der Waals surface area contributed by atoms with Crippen molar-refractivity contribution in [1.29, 1.82) is 0 Å². The standard InChI is InChI=1S/C12H17N3O2/c1-17-12(16)10-11(13)14-7-9(15-10)8-5-3-2-4-6-8/h7-8H,2-6H2,1H3,(H2,13,14). The van der Waals surface area contributed by atoms with Crippen molar-refractivity contribution in [2.45, 2.75) is 38.0 Å². The third kappa shape index (κ3) is 2.54. The van der Waals surface area contributed by atoms with Crippen molar-refractivity contribution in [3.63, 3.8) is 0 Å². The van der Waals surface area contributed by atoms with Gasteiger partial charge >= 0.3 is 5.97 Å². The second-order valence-corrected chi connectivity index (χ2v) is 4.36. The third-order valence-electron chi connectivity index (χ3n) is 3.22. The lowest BCUT2D eigenvalue weighted by Gasteiger charge is -2.21. The van der Waals surface area contributed by atoms with Crippen molar-refractivity contribution in [3.8, 4) is 0 Å². The van der Waals surface area contributed by atoms with E-state index in [4.69, 9.17) is 5.73 Å². The number of hydrogen-bond donors (Lipinski definition) is 1. The largest absolute Gasteiger partial charge is 0.464 e. The Kier molecular flexibility index (Phi) is 3.56. The van der Waals surface area contributed by atoms with E-state index in [9.17, 15) is 4.79 Å². The molecule has 2 N–H and O–H groups in total. The van der Waals surface area contributed by atoms with Crippen molar-refractivity contribution in [3.05, 3.63) is 17.6 Å². The fourth-order valence-corrected chi connectivity index (χ4v) is 2.25. The number of carbonyl (C=O) groups is 1. The van der Waals surface area contributed by atoms with Gasteiger partial charge in [0.2, 0.25) is 0 Å². The maximum Gasteiger partial charge on any atom is 0.360 e. The first kappa shape index (κ1) is 11.8. The molecule has 0 unspecified atom stereocenters. The SMILES string of the molecule is COC(=O)c1nc(C2CCCCC2)cnc1N. The molecule has 0 saturated heterocycles. The first-order chi connectivity index (χ1) is 8.22. The van der Waals surface area contributed by atoms with Crippen LogP contribution >= 0.6 is 0 Å². The van der Waals surface area contributed by atoms with Crippen LogP contribution in [0.1, 0.15) is 54.2 Å². The molecule has 0 aromatic carbocycles. The van der Waals surface area contributed by atoms with E-state index in [0.29, 0.717) is 5.92 Å². The number of aromatic nitrogens is 2. The lowest BCUT2D eigenvalue weighted by atomic mass is 9.87. The van der Waals surface area contributed by atoms with Crippen molar-refractivity contribution in [1.82, 2.24) is 9.97 Å². The van der Waals surface area contributed by atoms with Gasteiger partial charge in [0.25, 0.3) is 0 Å². The van der Waals surface area contributed by atoms with Crippen LogP contribution in [0.5, 0.6) is 0 Å². The molecule has 0 bridgehead atoms. The Labute approximate surface area is 100 Å². The summed E-state index contributed by atoms with van der Waals surface area (Å²) in [5, 5.41) is 0. The van der Waals surface area contributed by atoms with Crippen molar-refractivity contribution >= 4 is 11.8 Å². The van der Waals surface area contributed by atoms with Crippen molar-refractivity contribution in [2.24, 2.45) is 0 Å². The Morgan fingerprint density at radius 2 is 2.12 bits per heavy atom. The molecule has 1 heterocycles. The highest BCUT2D eigenvalue weighted by Gasteiger charge is 2.20. The van der Waals surface area contributed by atoms with Crippen LogP contribution in [0.25, 0.3) is 0 Å². The molecule has 1 fully saturated rings. The molecule has 0 atom stereocenters. The Morgan fingerprint density at radius 3 is 2.76 bits per heavy atom. The molecule has 1 aromatic rings. The normalized spacial score (nSPS) is 16.8. The zero-order valence-electron chi connectivity index (χ0n) is 9.98. The summed E-state index contributed by atoms with van der Waals surface area (Å²) in [6.45, 7) is 0. The molecule has 5 heteroatoms. The molecule has 1 aromatic heterocycles. The van der Waals surface area contributed by atoms with Crippen LogP contribution in [0.2, 0.25) is 0 Å². The molecular formula is C12H17N3O2. The van der Waals surface area contributed by atoms with Crippen molar-refractivity contribution in [2.75, 3.05) is 12.8 Å². The monoisotopic (exact) mass is 235 g/mol. The van der Waals surface area contributed by atoms with Crippen LogP contribution < -0.4 is 5.73 Å². The number of hydrogen-bond acceptors (Lipinski definition) is 5. The Morgan fingerprint density at radius 1 is 1.41 bits per heavy atom. The summed E-state index contributed by atoms with van der Waals surface area (Å²) >= 11 is 0. The molecule has 17 heavy (non-hydrogen) atoms. The highest BCUT2D eigenvalue weighted by Crippen LogP contribution is 2.31. The molecule has 92 valence electrons. The second kappa shape index (κ2) is 5.12. The number of nitrogens with two attached hydrogens (primary N) is 1. The highest BCUT2D eigenvalue weighted by molar-refractivity contribution is 5.91. The summed E-state index contributed by atoms with van der Waals surface area (Å²) in [6, 6.07) is 0. The second-order valence-electron chi connectivity index (χ2n) is 4.36. The average Bonchev–Trinajstić information content (AvgIpc) is 2.39. The average molecular weight is 235 g/mol. The third-order valence-corrected chi connectivity index (χ3v) is 3.22. The first-order valence-corrected chi connectivity index (χ1v) is 5.93. The number of nitrogens with zero attached hydrogens (tertiary/aromatic N) is 2. The van der Waals surface area contributed by atoms with E-state index >= 15 is 0 Å². The van der Waals surface area contributed by atoms with Crippen LogP contribution in [-0.4, -0.2) is 23.0 Å². The number of methoxy groups -OCH3 is 1. The molecule has 0 spiro atoms. The summed E-state index contributed by atoms with van der Waals surface area (Å²) in [5.41, 5.74) is 6.62. The zero-order chi connectivity index (χ0) is 12.3. The van der Waals surface area contributed by atoms with Crippen LogP contribution in [0, 0.1) is 0 Å². The van der Waals surface area contributed by atoms with Gasteiger partial charge in [-0.1, -0.05) is 19.3 Å². The molecule has 1 saturated carbocycles. The fourth-order valence-electron chi connectivity index (χ4n) is 2.25. The van der Waals surface area contributed by atoms with E-state index in [1.807, 2.05) is 0 Å². The molecule has 0 aliphatic heterocycles. The number of rotatable bonds is 2. The van der Waals surface area contributed by atoms with E-state index in [-0.39, 0.29) is 11.5 Å². The van der Waals surface area contributed by atoms with Crippen molar-refractivity contribution < 1.29 is 9.53 Å². The molecule has 0 radical (unpaired) electrons. The number of anilines is 1. The van der Waals surface area contributed by atoms with Gasteiger partial charge in [-0.25, -0.2) is 14.8 Å². The molecule has 2 rings (SSSR count). The van der Waals surface area contributed by atoms with Gasteiger partial charge in [0, 0.05) is 5.92 Å². The van der Waals surface area contributed by atoms with E-state index < -0.39 is 5.97 Å². The van der Waals surface area contributed by atoms with Crippen LogP contribution in [0.3, 0.4) is 0 Å². The minimum absolute atomic E-state index is 0.135. The van der Waals surface area contributed by atoms with Gasteiger partial charge < -0.3 is 10.5 Å². The lowest BCUT2D eigenvalue weighted by molar-refractivity contribution is 0.0594. The summed E-state index contributed by atoms with van der Waals surface area (Å²) in [4.78, 5) is 19.8. The van der Waals surface area contributed by atoms with Crippen LogP contribution in [0.15, 0.2) is 6.20 Å².